The van der Waals surface area contributed by atoms with Crippen molar-refractivity contribution in [3.8, 4) is 0 Å². The molecule has 2 aromatic rings. The van der Waals surface area contributed by atoms with Crippen LogP contribution in [0.5, 0.6) is 0 Å². The number of ketones is 1. The molecule has 0 bridgehead atoms. The highest BCUT2D eigenvalue weighted by molar-refractivity contribution is 6.35. The van der Waals surface area contributed by atoms with Gasteiger partial charge < -0.3 is 0 Å². The molecule has 0 atom stereocenters. The molecule has 0 aromatic heterocycles. The first-order valence-corrected chi connectivity index (χ1v) is 6.61. The Kier molecular flexibility index (Phi) is 4.73. The van der Waals surface area contributed by atoms with Crippen LogP contribution in [-0.4, -0.2) is 5.78 Å². The monoisotopic (exact) mass is 314 g/mol. The Labute approximate surface area is 125 Å². The third kappa shape index (κ3) is 3.78. The van der Waals surface area contributed by atoms with Crippen molar-refractivity contribution in [2.24, 2.45) is 0 Å². The first-order chi connectivity index (χ1) is 9.45. The van der Waals surface area contributed by atoms with E-state index in [1.54, 1.807) is 18.2 Å². The normalized spacial score (nSPS) is 10.6. The van der Waals surface area contributed by atoms with Crippen molar-refractivity contribution in [1.29, 1.82) is 0 Å². The fraction of sp³-hybridized carbons (Fsp3) is 0.133. The van der Waals surface area contributed by atoms with Gasteiger partial charge in [-0.3, -0.25) is 4.79 Å². The zero-order chi connectivity index (χ0) is 14.7. The summed E-state index contributed by atoms with van der Waals surface area (Å²) >= 11 is 11.7. The molecule has 0 unspecified atom stereocenters. The van der Waals surface area contributed by atoms with E-state index < -0.39 is 11.6 Å². The summed E-state index contributed by atoms with van der Waals surface area (Å²) in [5.41, 5.74) is 0.796. The minimum atomic E-state index is -0.722. The summed E-state index contributed by atoms with van der Waals surface area (Å²) in [7, 11) is 0. The average molecular weight is 315 g/mol. The van der Waals surface area contributed by atoms with Crippen molar-refractivity contribution in [2.45, 2.75) is 12.8 Å². The van der Waals surface area contributed by atoms with E-state index in [1.165, 1.54) is 6.07 Å². The number of rotatable bonds is 4. The van der Waals surface area contributed by atoms with Gasteiger partial charge in [0.2, 0.25) is 0 Å². The average Bonchev–Trinajstić information content (AvgIpc) is 2.36. The molecule has 0 amide bonds. The van der Waals surface area contributed by atoms with Gasteiger partial charge in [-0.15, -0.1) is 0 Å². The highest BCUT2D eigenvalue weighted by atomic mass is 35.5. The zero-order valence-corrected chi connectivity index (χ0v) is 11.8. The van der Waals surface area contributed by atoms with Crippen molar-refractivity contribution in [2.75, 3.05) is 0 Å². The molecule has 0 aliphatic heterocycles. The Hall–Kier alpha value is -1.45. The second-order valence-corrected chi connectivity index (χ2v) is 5.21. The number of benzene rings is 2. The number of Topliss-reactive ketones (excluding diaryl/α,β-unsaturated/α-hetero) is 1. The third-order valence-corrected chi connectivity index (χ3v) is 3.39. The smallest absolute Gasteiger partial charge is 0.141 e. The highest BCUT2D eigenvalue weighted by Crippen LogP contribution is 2.22. The molecule has 104 valence electrons. The molecular formula is C15H10Cl2F2O. The van der Waals surface area contributed by atoms with E-state index in [-0.39, 0.29) is 24.2 Å². The standard InChI is InChI=1S/C15H10Cl2F2O/c16-11-3-1-9(14(17)7-11)5-13(20)6-10-2-4-12(18)8-15(10)19/h1-4,7-8H,5-6H2. The number of halogens is 4. The molecule has 0 N–H and O–H groups in total. The first kappa shape index (κ1) is 14.9. The van der Waals surface area contributed by atoms with Gasteiger partial charge in [0.05, 0.1) is 0 Å². The number of hydrogen-bond acceptors (Lipinski definition) is 1. The maximum Gasteiger partial charge on any atom is 0.141 e. The minimum Gasteiger partial charge on any atom is -0.299 e. The molecule has 2 aromatic carbocycles. The summed E-state index contributed by atoms with van der Waals surface area (Å²) < 4.78 is 26.2. The van der Waals surface area contributed by atoms with Gasteiger partial charge in [-0.25, -0.2) is 8.78 Å². The van der Waals surface area contributed by atoms with E-state index in [2.05, 4.69) is 0 Å². The van der Waals surface area contributed by atoms with Crippen LogP contribution in [0.25, 0.3) is 0 Å². The summed E-state index contributed by atoms with van der Waals surface area (Å²) in [5, 5.41) is 0.876. The fourth-order valence-corrected chi connectivity index (χ4v) is 2.29. The minimum absolute atomic E-state index is 0.0762. The summed E-state index contributed by atoms with van der Waals surface area (Å²) in [6.07, 6.45) is -0.0299. The van der Waals surface area contributed by atoms with Gasteiger partial charge in [-0.1, -0.05) is 35.3 Å². The fourth-order valence-electron chi connectivity index (χ4n) is 1.82. The predicted molar refractivity (Wildman–Crippen MR) is 75.2 cm³/mol. The molecule has 0 aliphatic rings. The molecule has 0 aliphatic carbocycles. The molecule has 0 saturated heterocycles. The van der Waals surface area contributed by atoms with Crippen LogP contribution in [0.2, 0.25) is 10.0 Å². The van der Waals surface area contributed by atoms with Crippen LogP contribution in [0.3, 0.4) is 0 Å². The van der Waals surface area contributed by atoms with Crippen molar-refractivity contribution >= 4 is 29.0 Å². The van der Waals surface area contributed by atoms with Crippen molar-refractivity contribution in [1.82, 2.24) is 0 Å². The van der Waals surface area contributed by atoms with Gasteiger partial charge in [0.25, 0.3) is 0 Å². The molecule has 20 heavy (non-hydrogen) atoms. The van der Waals surface area contributed by atoms with Crippen molar-refractivity contribution in [3.63, 3.8) is 0 Å². The quantitative estimate of drug-likeness (QED) is 0.804. The van der Waals surface area contributed by atoms with Crippen LogP contribution >= 0.6 is 23.2 Å². The molecule has 0 radical (unpaired) electrons. The van der Waals surface area contributed by atoms with E-state index in [9.17, 15) is 13.6 Å². The van der Waals surface area contributed by atoms with Gasteiger partial charge in [0, 0.05) is 29.0 Å². The van der Waals surface area contributed by atoms with E-state index in [0.29, 0.717) is 15.6 Å². The third-order valence-electron chi connectivity index (χ3n) is 2.81. The maximum absolute atomic E-state index is 13.4. The summed E-state index contributed by atoms with van der Waals surface area (Å²) in [5.74, 6) is -1.60. The summed E-state index contributed by atoms with van der Waals surface area (Å²) in [4.78, 5) is 11.9. The second kappa shape index (κ2) is 6.33. The van der Waals surface area contributed by atoms with E-state index in [4.69, 9.17) is 23.2 Å². The van der Waals surface area contributed by atoms with E-state index in [0.717, 1.165) is 12.1 Å². The van der Waals surface area contributed by atoms with Gasteiger partial charge in [0.15, 0.2) is 0 Å². The number of carbonyl (C=O) groups excluding carboxylic acids is 1. The van der Waals surface area contributed by atoms with Gasteiger partial charge in [-0.2, -0.15) is 0 Å². The van der Waals surface area contributed by atoms with Crippen LogP contribution in [0.4, 0.5) is 8.78 Å². The molecular weight excluding hydrogens is 305 g/mol. The largest absolute Gasteiger partial charge is 0.299 e. The molecule has 0 saturated carbocycles. The summed E-state index contributed by atoms with van der Waals surface area (Å²) in [6, 6.07) is 7.99. The predicted octanol–water partition coefficient (Wildman–Crippen LogP) is 4.63. The first-order valence-electron chi connectivity index (χ1n) is 5.85. The molecule has 0 spiro atoms. The Morgan fingerprint density at radius 1 is 0.950 bits per heavy atom. The summed E-state index contributed by atoms with van der Waals surface area (Å²) in [6.45, 7) is 0. The Morgan fingerprint density at radius 2 is 1.60 bits per heavy atom. The lowest BCUT2D eigenvalue weighted by Crippen LogP contribution is -2.08. The zero-order valence-electron chi connectivity index (χ0n) is 10.3. The SMILES string of the molecule is O=C(Cc1ccc(F)cc1F)Cc1ccc(Cl)cc1Cl. The number of hydrogen-bond donors (Lipinski definition) is 0. The van der Waals surface area contributed by atoms with Crippen molar-refractivity contribution < 1.29 is 13.6 Å². The molecule has 1 nitrogen and oxygen atoms in total. The highest BCUT2D eigenvalue weighted by Gasteiger charge is 2.12. The van der Waals surface area contributed by atoms with Crippen LogP contribution < -0.4 is 0 Å². The molecule has 0 fully saturated rings. The van der Waals surface area contributed by atoms with E-state index >= 15 is 0 Å². The molecule has 5 heteroatoms. The van der Waals surface area contributed by atoms with E-state index in [1.807, 2.05) is 0 Å². The van der Waals surface area contributed by atoms with Crippen molar-refractivity contribution in [3.05, 3.63) is 69.2 Å². The lowest BCUT2D eigenvalue weighted by atomic mass is 10.0. The van der Waals surface area contributed by atoms with Crippen LogP contribution in [0.15, 0.2) is 36.4 Å². The maximum atomic E-state index is 13.4. The molecule has 0 heterocycles. The van der Waals surface area contributed by atoms with Crippen LogP contribution in [-0.2, 0) is 17.6 Å². The number of carbonyl (C=O) groups is 1. The van der Waals surface area contributed by atoms with Gasteiger partial charge in [0.1, 0.15) is 17.4 Å². The lowest BCUT2D eigenvalue weighted by molar-refractivity contribution is -0.117. The molecule has 2 rings (SSSR count). The van der Waals surface area contributed by atoms with Gasteiger partial charge in [-0.05, 0) is 29.3 Å². The Bertz CT molecular complexity index is 601. The van der Waals surface area contributed by atoms with Gasteiger partial charge >= 0.3 is 0 Å². The lowest BCUT2D eigenvalue weighted by Gasteiger charge is -2.05. The van der Waals surface area contributed by atoms with Crippen LogP contribution in [0.1, 0.15) is 11.1 Å². The topological polar surface area (TPSA) is 17.1 Å². The van der Waals surface area contributed by atoms with Crippen LogP contribution in [0, 0.1) is 11.6 Å². The second-order valence-electron chi connectivity index (χ2n) is 4.36. The Balaban J connectivity index is 2.09. The Morgan fingerprint density at radius 3 is 2.25 bits per heavy atom.